The van der Waals surface area contributed by atoms with Gasteiger partial charge in [-0.05, 0) is 36.2 Å². The van der Waals surface area contributed by atoms with Crippen LogP contribution in [0.2, 0.25) is 0 Å². The molecule has 0 bridgehead atoms. The van der Waals surface area contributed by atoms with Gasteiger partial charge in [-0.2, -0.15) is 11.3 Å². The van der Waals surface area contributed by atoms with Gasteiger partial charge < -0.3 is 25.2 Å². The number of aliphatic imine (C=N–C) groups is 1. The average Bonchev–Trinajstić information content (AvgIpc) is 3.14. The van der Waals surface area contributed by atoms with Gasteiger partial charge in [0.25, 0.3) is 0 Å². The van der Waals surface area contributed by atoms with Crippen molar-refractivity contribution < 1.29 is 14.6 Å². The van der Waals surface area contributed by atoms with E-state index in [2.05, 4.69) is 15.6 Å². The summed E-state index contributed by atoms with van der Waals surface area (Å²) in [6.45, 7) is 6.97. The molecule has 2 rings (SSSR count). The molecule has 0 spiro atoms. The number of methoxy groups -OCH3 is 1. The molecule has 1 fully saturated rings. The molecule has 0 amide bonds. The number of ether oxygens (including phenoxy) is 2. The molecule has 7 heteroatoms. The summed E-state index contributed by atoms with van der Waals surface area (Å²) in [4.78, 5) is 4.55. The third-order valence-corrected chi connectivity index (χ3v) is 5.13. The van der Waals surface area contributed by atoms with Crippen LogP contribution in [-0.4, -0.2) is 56.6 Å². The first-order valence-corrected chi connectivity index (χ1v) is 9.36. The van der Waals surface area contributed by atoms with Gasteiger partial charge in [-0.3, -0.25) is 0 Å². The van der Waals surface area contributed by atoms with Crippen LogP contribution in [-0.2, 0) is 15.1 Å². The Kier molecular flexibility index (Phi) is 7.03. The van der Waals surface area contributed by atoms with E-state index in [0.29, 0.717) is 19.0 Å². The molecule has 1 aromatic heterocycles. The molecule has 1 atom stereocenters. The zero-order chi connectivity index (χ0) is 17.5. The van der Waals surface area contributed by atoms with Gasteiger partial charge in [0.2, 0.25) is 0 Å². The van der Waals surface area contributed by atoms with Crippen LogP contribution in [0.5, 0.6) is 0 Å². The van der Waals surface area contributed by atoms with Crippen molar-refractivity contribution in [1.82, 2.24) is 10.6 Å². The van der Waals surface area contributed by atoms with E-state index in [9.17, 15) is 5.11 Å². The van der Waals surface area contributed by atoms with E-state index in [0.717, 1.165) is 38.2 Å². The van der Waals surface area contributed by atoms with E-state index in [4.69, 9.17) is 9.47 Å². The Morgan fingerprint density at radius 2 is 2.21 bits per heavy atom. The maximum absolute atomic E-state index is 10.6. The predicted molar refractivity (Wildman–Crippen MR) is 97.7 cm³/mol. The lowest BCUT2D eigenvalue weighted by Crippen LogP contribution is -2.51. The summed E-state index contributed by atoms with van der Waals surface area (Å²) in [5.74, 6) is 0.691. The highest BCUT2D eigenvalue weighted by Crippen LogP contribution is 2.24. The summed E-state index contributed by atoms with van der Waals surface area (Å²) >= 11 is 1.57. The van der Waals surface area contributed by atoms with Crippen LogP contribution in [0, 0.1) is 0 Å². The van der Waals surface area contributed by atoms with Crippen LogP contribution in [0.25, 0.3) is 0 Å². The third-order valence-electron chi connectivity index (χ3n) is 4.45. The molecule has 1 aliphatic rings. The summed E-state index contributed by atoms with van der Waals surface area (Å²) in [6, 6.07) is 1.93. The van der Waals surface area contributed by atoms with Crippen molar-refractivity contribution in [2.24, 2.45) is 4.99 Å². The number of guanidine groups is 1. The van der Waals surface area contributed by atoms with Crippen molar-refractivity contribution in [1.29, 1.82) is 0 Å². The Hall–Kier alpha value is -1.15. The smallest absolute Gasteiger partial charge is 0.191 e. The summed E-state index contributed by atoms with van der Waals surface area (Å²) in [5.41, 5.74) is -0.297. The number of nitrogens with one attached hydrogen (secondary N) is 2. The maximum Gasteiger partial charge on any atom is 0.191 e. The van der Waals surface area contributed by atoms with Crippen LogP contribution < -0.4 is 10.6 Å². The number of aliphatic hydroxyl groups is 1. The first-order chi connectivity index (χ1) is 11.5. The molecule has 1 aromatic rings. The van der Waals surface area contributed by atoms with Gasteiger partial charge in [0.15, 0.2) is 5.96 Å². The Labute approximate surface area is 148 Å². The monoisotopic (exact) mass is 355 g/mol. The Bertz CT molecular complexity index is 511. The van der Waals surface area contributed by atoms with Crippen LogP contribution in [0.4, 0.5) is 0 Å². The molecule has 1 saturated heterocycles. The molecule has 0 aromatic carbocycles. The fourth-order valence-electron chi connectivity index (χ4n) is 2.68. The zero-order valence-electron chi connectivity index (χ0n) is 14.8. The topological polar surface area (TPSA) is 75.1 Å². The second-order valence-electron chi connectivity index (χ2n) is 6.33. The van der Waals surface area contributed by atoms with Crippen molar-refractivity contribution in [3.8, 4) is 0 Å². The molecule has 2 heterocycles. The lowest BCUT2D eigenvalue weighted by Gasteiger charge is -2.36. The highest BCUT2D eigenvalue weighted by molar-refractivity contribution is 7.08. The molecule has 6 nitrogen and oxygen atoms in total. The van der Waals surface area contributed by atoms with E-state index >= 15 is 0 Å². The van der Waals surface area contributed by atoms with E-state index in [-0.39, 0.29) is 5.60 Å². The summed E-state index contributed by atoms with van der Waals surface area (Å²) in [6.07, 6.45) is 1.73. The Morgan fingerprint density at radius 1 is 1.46 bits per heavy atom. The van der Waals surface area contributed by atoms with Gasteiger partial charge in [0, 0.05) is 46.3 Å². The normalized spacial score (nSPS) is 20.4. The molecule has 0 radical (unpaired) electrons. The maximum atomic E-state index is 10.6. The summed E-state index contributed by atoms with van der Waals surface area (Å²) in [7, 11) is 1.75. The minimum absolute atomic E-state index is 0.218. The van der Waals surface area contributed by atoms with E-state index in [1.54, 1.807) is 25.4 Å². The van der Waals surface area contributed by atoms with Crippen molar-refractivity contribution in [3.05, 3.63) is 22.4 Å². The first kappa shape index (κ1) is 19.2. The molecule has 1 aliphatic heterocycles. The minimum atomic E-state index is -0.972. The standard InChI is InChI=1S/C17H29N3O3S/c1-4-18-15(19-12-16(2,21)14-5-10-24-11-14)20-13-17(22-3)6-8-23-9-7-17/h5,10-11,21H,4,6-9,12-13H2,1-3H3,(H2,18,19,20). The SMILES string of the molecule is CCNC(=NCC(C)(O)c1ccsc1)NCC1(OC)CCOCC1. The summed E-state index contributed by atoms with van der Waals surface area (Å²) in [5, 5.41) is 21.1. The van der Waals surface area contributed by atoms with E-state index in [1.165, 1.54) is 0 Å². The van der Waals surface area contributed by atoms with Crippen LogP contribution in [0.3, 0.4) is 0 Å². The highest BCUT2D eigenvalue weighted by atomic mass is 32.1. The lowest BCUT2D eigenvalue weighted by atomic mass is 9.94. The first-order valence-electron chi connectivity index (χ1n) is 8.41. The molecule has 0 saturated carbocycles. The van der Waals surface area contributed by atoms with Gasteiger partial charge in [0.1, 0.15) is 5.60 Å². The van der Waals surface area contributed by atoms with Crippen LogP contribution in [0.1, 0.15) is 32.3 Å². The predicted octanol–water partition coefficient (Wildman–Crippen LogP) is 1.71. The van der Waals surface area contributed by atoms with Crippen LogP contribution in [0.15, 0.2) is 21.8 Å². The fraction of sp³-hybridized carbons (Fsp3) is 0.706. The van der Waals surface area contributed by atoms with Crippen LogP contribution >= 0.6 is 11.3 Å². The molecule has 0 aliphatic carbocycles. The van der Waals surface area contributed by atoms with Crippen molar-refractivity contribution in [3.63, 3.8) is 0 Å². The number of rotatable bonds is 7. The van der Waals surface area contributed by atoms with E-state index < -0.39 is 5.60 Å². The molecular formula is C17H29N3O3S. The van der Waals surface area contributed by atoms with Gasteiger partial charge in [0.05, 0.1) is 12.1 Å². The minimum Gasteiger partial charge on any atom is -0.383 e. The Balaban J connectivity index is 1.97. The molecule has 1 unspecified atom stereocenters. The van der Waals surface area contributed by atoms with E-state index in [1.807, 2.05) is 23.8 Å². The molecule has 24 heavy (non-hydrogen) atoms. The number of thiophene rings is 1. The van der Waals surface area contributed by atoms with Crippen molar-refractivity contribution >= 4 is 17.3 Å². The third kappa shape index (κ3) is 5.17. The molecule has 136 valence electrons. The van der Waals surface area contributed by atoms with Gasteiger partial charge >= 0.3 is 0 Å². The van der Waals surface area contributed by atoms with Crippen molar-refractivity contribution in [2.45, 2.75) is 37.9 Å². The number of nitrogens with zero attached hydrogens (tertiary/aromatic N) is 1. The quantitative estimate of drug-likeness (QED) is 0.513. The fourth-order valence-corrected chi connectivity index (χ4v) is 3.46. The lowest BCUT2D eigenvalue weighted by molar-refractivity contribution is -0.0855. The second-order valence-corrected chi connectivity index (χ2v) is 7.11. The number of hydrogen-bond donors (Lipinski definition) is 3. The number of hydrogen-bond acceptors (Lipinski definition) is 5. The second kappa shape index (κ2) is 8.80. The Morgan fingerprint density at radius 3 is 2.79 bits per heavy atom. The largest absolute Gasteiger partial charge is 0.383 e. The highest BCUT2D eigenvalue weighted by Gasteiger charge is 2.32. The van der Waals surface area contributed by atoms with Gasteiger partial charge in [-0.1, -0.05) is 0 Å². The van der Waals surface area contributed by atoms with Gasteiger partial charge in [-0.25, -0.2) is 4.99 Å². The van der Waals surface area contributed by atoms with Gasteiger partial charge in [-0.15, -0.1) is 0 Å². The van der Waals surface area contributed by atoms with Crippen molar-refractivity contribution in [2.75, 3.05) is 40.0 Å². The molecular weight excluding hydrogens is 326 g/mol. The summed E-state index contributed by atoms with van der Waals surface area (Å²) < 4.78 is 11.2. The molecule has 3 N–H and O–H groups in total. The average molecular weight is 356 g/mol. The zero-order valence-corrected chi connectivity index (χ0v) is 15.6.